The van der Waals surface area contributed by atoms with Crippen molar-refractivity contribution in [3.8, 4) is 11.8 Å². The van der Waals surface area contributed by atoms with Gasteiger partial charge in [-0.3, -0.25) is 0 Å². The number of rotatable bonds is 6. The Bertz CT molecular complexity index is 717. The quantitative estimate of drug-likeness (QED) is 0.634. The highest BCUT2D eigenvalue weighted by Gasteiger charge is 2.32. The van der Waals surface area contributed by atoms with Gasteiger partial charge in [-0.25, -0.2) is 9.97 Å². The molecule has 0 aliphatic rings. The second-order valence-corrected chi connectivity index (χ2v) is 5.62. The molecule has 1 atom stereocenters. The molecule has 2 rings (SSSR count). The van der Waals surface area contributed by atoms with Crippen LogP contribution < -0.4 is 4.74 Å². The third-order valence-corrected chi connectivity index (χ3v) is 3.76. The molecule has 126 valence electrons. The van der Waals surface area contributed by atoms with E-state index >= 15 is 0 Å². The molecule has 1 unspecified atom stereocenters. The smallest absolute Gasteiger partial charge is 0.433 e. The molecule has 0 spiro atoms. The van der Waals surface area contributed by atoms with E-state index in [9.17, 15) is 18.3 Å². The minimum absolute atomic E-state index is 0.0438. The van der Waals surface area contributed by atoms with Crippen molar-refractivity contribution in [3.05, 3.63) is 47.8 Å². The molecule has 0 bridgehead atoms. The lowest BCUT2D eigenvalue weighted by Crippen LogP contribution is -2.20. The number of thioether (sulfide) groups is 1. The summed E-state index contributed by atoms with van der Waals surface area (Å²) in [4.78, 5) is 7.13. The van der Waals surface area contributed by atoms with E-state index in [2.05, 4.69) is 9.97 Å². The van der Waals surface area contributed by atoms with Crippen molar-refractivity contribution in [2.75, 3.05) is 12.4 Å². The van der Waals surface area contributed by atoms with Gasteiger partial charge in [-0.1, -0.05) is 11.8 Å². The van der Waals surface area contributed by atoms with Crippen molar-refractivity contribution in [3.63, 3.8) is 0 Å². The van der Waals surface area contributed by atoms with Gasteiger partial charge in [-0.15, -0.1) is 0 Å². The first-order valence-electron chi connectivity index (χ1n) is 6.72. The van der Waals surface area contributed by atoms with Crippen LogP contribution in [0.25, 0.3) is 0 Å². The van der Waals surface area contributed by atoms with Gasteiger partial charge < -0.3 is 9.84 Å². The van der Waals surface area contributed by atoms with Crippen LogP contribution in [0.4, 0.5) is 13.2 Å². The molecule has 0 amide bonds. The Labute approximate surface area is 140 Å². The summed E-state index contributed by atoms with van der Waals surface area (Å²) in [5.74, 6) is 0.561. The Morgan fingerprint density at radius 3 is 2.58 bits per heavy atom. The predicted molar refractivity (Wildman–Crippen MR) is 80.4 cm³/mol. The molecular formula is C15H12F3N3O2S. The van der Waals surface area contributed by atoms with Crippen molar-refractivity contribution in [1.29, 1.82) is 5.26 Å². The lowest BCUT2D eigenvalue weighted by atomic mass is 10.2. The summed E-state index contributed by atoms with van der Waals surface area (Å²) in [6, 6.07) is 9.09. The van der Waals surface area contributed by atoms with Gasteiger partial charge in [0, 0.05) is 11.9 Å². The minimum Gasteiger partial charge on any atom is -0.491 e. The monoisotopic (exact) mass is 355 g/mol. The van der Waals surface area contributed by atoms with E-state index in [4.69, 9.17) is 10.00 Å². The van der Waals surface area contributed by atoms with E-state index in [-0.39, 0.29) is 17.5 Å². The zero-order valence-electron chi connectivity index (χ0n) is 12.2. The fourth-order valence-corrected chi connectivity index (χ4v) is 2.34. The lowest BCUT2D eigenvalue weighted by Gasteiger charge is -2.12. The molecule has 0 fully saturated rings. The van der Waals surface area contributed by atoms with Crippen LogP contribution in [0.3, 0.4) is 0 Å². The van der Waals surface area contributed by atoms with Crippen LogP contribution in [0.1, 0.15) is 11.3 Å². The first kappa shape index (κ1) is 18.0. The minimum atomic E-state index is -4.53. The first-order valence-corrected chi connectivity index (χ1v) is 7.71. The number of nitrogens with zero attached hydrogens (tertiary/aromatic N) is 3. The number of aromatic nitrogens is 2. The summed E-state index contributed by atoms with van der Waals surface area (Å²) in [5.41, 5.74) is -0.538. The number of nitriles is 1. The van der Waals surface area contributed by atoms with Gasteiger partial charge in [0.2, 0.25) is 0 Å². The van der Waals surface area contributed by atoms with E-state index in [0.29, 0.717) is 11.3 Å². The maximum absolute atomic E-state index is 12.5. The van der Waals surface area contributed by atoms with Gasteiger partial charge in [-0.2, -0.15) is 18.4 Å². The third kappa shape index (κ3) is 5.40. The molecule has 9 heteroatoms. The van der Waals surface area contributed by atoms with Gasteiger partial charge in [0.1, 0.15) is 18.1 Å². The zero-order valence-corrected chi connectivity index (χ0v) is 13.0. The normalized spacial score (nSPS) is 12.5. The fourth-order valence-electron chi connectivity index (χ4n) is 1.61. The summed E-state index contributed by atoms with van der Waals surface area (Å²) < 4.78 is 43.0. The van der Waals surface area contributed by atoms with E-state index in [0.717, 1.165) is 24.0 Å². The molecule has 1 N–H and O–H groups in total. The maximum atomic E-state index is 12.5. The van der Waals surface area contributed by atoms with Crippen molar-refractivity contribution in [2.45, 2.75) is 17.4 Å². The highest BCUT2D eigenvalue weighted by molar-refractivity contribution is 7.99. The average Bonchev–Trinajstić information content (AvgIpc) is 2.58. The van der Waals surface area contributed by atoms with Crippen LogP contribution in [0.2, 0.25) is 0 Å². The van der Waals surface area contributed by atoms with Gasteiger partial charge in [0.25, 0.3) is 0 Å². The van der Waals surface area contributed by atoms with Crippen molar-refractivity contribution in [1.82, 2.24) is 9.97 Å². The Kier molecular flexibility index (Phi) is 6.00. The Hall–Kier alpha value is -2.31. The number of hydrogen-bond donors (Lipinski definition) is 1. The van der Waals surface area contributed by atoms with Crippen molar-refractivity contribution < 1.29 is 23.0 Å². The van der Waals surface area contributed by atoms with Crippen molar-refractivity contribution >= 4 is 11.8 Å². The molecule has 1 aromatic heterocycles. The highest BCUT2D eigenvalue weighted by atomic mass is 32.2. The van der Waals surface area contributed by atoms with Crippen molar-refractivity contribution in [2.24, 2.45) is 0 Å². The van der Waals surface area contributed by atoms with Gasteiger partial charge in [0.15, 0.2) is 5.16 Å². The molecule has 0 aliphatic carbocycles. The molecule has 1 aromatic carbocycles. The van der Waals surface area contributed by atoms with E-state index in [1.165, 1.54) is 0 Å². The SMILES string of the molecule is N#Cc1ccc(OCC(O)CSc2nccc(C(F)(F)F)n2)cc1. The largest absolute Gasteiger partial charge is 0.491 e. The first-order chi connectivity index (χ1) is 11.4. The average molecular weight is 355 g/mol. The maximum Gasteiger partial charge on any atom is 0.433 e. The van der Waals surface area contributed by atoms with Crippen LogP contribution in [-0.4, -0.2) is 33.5 Å². The molecule has 2 aromatic rings. The number of hydrogen-bond acceptors (Lipinski definition) is 6. The molecule has 1 heterocycles. The number of ether oxygens (including phenoxy) is 1. The second kappa shape index (κ2) is 7.99. The summed E-state index contributed by atoms with van der Waals surface area (Å²) in [6.45, 7) is -0.0438. The van der Waals surface area contributed by atoms with E-state index < -0.39 is 18.0 Å². The lowest BCUT2D eigenvalue weighted by molar-refractivity contribution is -0.141. The zero-order chi connectivity index (χ0) is 17.6. The molecule has 24 heavy (non-hydrogen) atoms. The number of benzene rings is 1. The van der Waals surface area contributed by atoms with E-state index in [1.807, 2.05) is 6.07 Å². The van der Waals surface area contributed by atoms with Crippen LogP contribution in [0.5, 0.6) is 5.75 Å². The summed E-state index contributed by atoms with van der Waals surface area (Å²) in [6.07, 6.45) is -4.42. The molecule has 0 saturated heterocycles. The topological polar surface area (TPSA) is 79.0 Å². The Morgan fingerprint density at radius 1 is 1.25 bits per heavy atom. The van der Waals surface area contributed by atoms with Crippen LogP contribution in [-0.2, 0) is 6.18 Å². The molecule has 0 radical (unpaired) electrons. The summed E-state index contributed by atoms with van der Waals surface area (Å²) in [5, 5.41) is 18.4. The van der Waals surface area contributed by atoms with E-state index in [1.54, 1.807) is 24.3 Å². The standard InChI is InChI=1S/C15H12F3N3O2S/c16-15(17,18)13-5-6-20-14(21-13)24-9-11(22)8-23-12-3-1-10(7-19)2-4-12/h1-6,11,22H,8-9H2. The third-order valence-electron chi connectivity index (χ3n) is 2.75. The summed E-state index contributed by atoms with van der Waals surface area (Å²) in [7, 11) is 0. The van der Waals surface area contributed by atoms with Crippen LogP contribution in [0.15, 0.2) is 41.7 Å². The molecule has 5 nitrogen and oxygen atoms in total. The second-order valence-electron chi connectivity index (χ2n) is 4.63. The Balaban J connectivity index is 1.82. The molecular weight excluding hydrogens is 343 g/mol. The molecule has 0 aliphatic heterocycles. The van der Waals surface area contributed by atoms with Gasteiger partial charge >= 0.3 is 6.18 Å². The fraction of sp³-hybridized carbons (Fsp3) is 0.267. The van der Waals surface area contributed by atoms with Gasteiger partial charge in [-0.05, 0) is 30.3 Å². The predicted octanol–water partition coefficient (Wildman–Crippen LogP) is 2.90. The summed E-state index contributed by atoms with van der Waals surface area (Å²) >= 11 is 0.905. The molecule has 0 saturated carbocycles. The van der Waals surface area contributed by atoms with Crippen LogP contribution >= 0.6 is 11.8 Å². The number of aliphatic hydroxyl groups is 1. The number of alkyl halides is 3. The number of aliphatic hydroxyl groups excluding tert-OH is 1. The Morgan fingerprint density at radius 2 is 1.96 bits per heavy atom. The van der Waals surface area contributed by atoms with Crippen LogP contribution in [0, 0.1) is 11.3 Å². The number of halogens is 3. The van der Waals surface area contributed by atoms with Gasteiger partial charge in [0.05, 0.1) is 17.7 Å². The highest BCUT2D eigenvalue weighted by Crippen LogP contribution is 2.28.